The standard InChI is InChI=1S/C17H26O11/c1-9(25-12(4)20)15(7-23-10(2)18)28-17(27-14(6)22)16(26-13(5)21)8-24-11(3)19/h9,15-17H,7-8H2,1-6H3/t9-,15?,16-,17+/m0/s1. The smallest absolute Gasteiger partial charge is 0.305 e. The van der Waals surface area contributed by atoms with Crippen LogP contribution in [0.15, 0.2) is 0 Å². The molecule has 0 aromatic carbocycles. The summed E-state index contributed by atoms with van der Waals surface area (Å²) in [6.07, 6.45) is -4.83. The molecule has 0 aromatic rings. The zero-order valence-corrected chi connectivity index (χ0v) is 16.7. The van der Waals surface area contributed by atoms with Gasteiger partial charge < -0.3 is 28.4 Å². The van der Waals surface area contributed by atoms with Crippen LogP contribution in [0.1, 0.15) is 41.5 Å². The Labute approximate surface area is 162 Å². The average molecular weight is 406 g/mol. The maximum absolute atomic E-state index is 11.5. The molecule has 0 aliphatic heterocycles. The summed E-state index contributed by atoms with van der Waals surface area (Å²) in [6, 6.07) is 0. The van der Waals surface area contributed by atoms with Crippen LogP contribution in [0.4, 0.5) is 0 Å². The number of esters is 5. The van der Waals surface area contributed by atoms with Gasteiger partial charge in [-0.1, -0.05) is 0 Å². The maximum Gasteiger partial charge on any atom is 0.305 e. The number of hydrogen-bond donors (Lipinski definition) is 0. The Morgan fingerprint density at radius 3 is 1.43 bits per heavy atom. The van der Waals surface area contributed by atoms with Crippen LogP contribution in [0.5, 0.6) is 0 Å². The van der Waals surface area contributed by atoms with E-state index in [2.05, 4.69) is 0 Å². The van der Waals surface area contributed by atoms with Crippen LogP contribution in [0.25, 0.3) is 0 Å². The fourth-order valence-corrected chi connectivity index (χ4v) is 1.93. The molecular formula is C17H26O11. The highest BCUT2D eigenvalue weighted by atomic mass is 16.7. The lowest BCUT2D eigenvalue weighted by atomic mass is 10.2. The Morgan fingerprint density at radius 1 is 0.607 bits per heavy atom. The second-order valence-corrected chi connectivity index (χ2v) is 5.72. The van der Waals surface area contributed by atoms with Crippen LogP contribution in [0.2, 0.25) is 0 Å². The lowest BCUT2D eigenvalue weighted by Crippen LogP contribution is -2.46. The van der Waals surface area contributed by atoms with Crippen LogP contribution in [-0.2, 0) is 52.4 Å². The fraction of sp³-hybridized carbons (Fsp3) is 0.706. The van der Waals surface area contributed by atoms with E-state index in [0.717, 1.165) is 20.8 Å². The lowest BCUT2D eigenvalue weighted by molar-refractivity contribution is -0.245. The van der Waals surface area contributed by atoms with E-state index in [0.29, 0.717) is 0 Å². The highest BCUT2D eigenvalue weighted by Crippen LogP contribution is 2.16. The van der Waals surface area contributed by atoms with Gasteiger partial charge in [-0.15, -0.1) is 0 Å². The summed E-state index contributed by atoms with van der Waals surface area (Å²) in [5.74, 6) is -3.43. The van der Waals surface area contributed by atoms with Crippen molar-refractivity contribution in [3.63, 3.8) is 0 Å². The molecule has 11 heteroatoms. The Morgan fingerprint density at radius 2 is 1.04 bits per heavy atom. The van der Waals surface area contributed by atoms with Gasteiger partial charge in [-0.05, 0) is 6.92 Å². The van der Waals surface area contributed by atoms with Crippen molar-refractivity contribution in [1.29, 1.82) is 0 Å². The molecule has 0 N–H and O–H groups in total. The lowest BCUT2D eigenvalue weighted by Gasteiger charge is -2.31. The molecule has 0 radical (unpaired) electrons. The van der Waals surface area contributed by atoms with Gasteiger partial charge in [0.25, 0.3) is 0 Å². The van der Waals surface area contributed by atoms with Crippen molar-refractivity contribution in [2.75, 3.05) is 13.2 Å². The van der Waals surface area contributed by atoms with Crippen molar-refractivity contribution in [2.45, 2.75) is 66.1 Å². The maximum atomic E-state index is 11.5. The molecule has 0 aromatic heterocycles. The highest BCUT2D eigenvalue weighted by Gasteiger charge is 2.35. The Balaban J connectivity index is 5.55. The van der Waals surface area contributed by atoms with Gasteiger partial charge in [0.15, 0.2) is 6.10 Å². The van der Waals surface area contributed by atoms with Crippen molar-refractivity contribution in [3.8, 4) is 0 Å². The van der Waals surface area contributed by atoms with Crippen molar-refractivity contribution < 1.29 is 52.4 Å². The van der Waals surface area contributed by atoms with E-state index in [-0.39, 0.29) is 6.61 Å². The van der Waals surface area contributed by atoms with Crippen LogP contribution in [0.3, 0.4) is 0 Å². The molecule has 0 aliphatic carbocycles. The van der Waals surface area contributed by atoms with Crippen molar-refractivity contribution in [1.82, 2.24) is 0 Å². The van der Waals surface area contributed by atoms with E-state index in [9.17, 15) is 24.0 Å². The SMILES string of the molecule is CC(=O)OCC(O[C@@H](OC(C)=O)[C@H](COC(C)=O)OC(C)=O)[C@H](C)OC(C)=O. The summed E-state index contributed by atoms with van der Waals surface area (Å²) in [5.41, 5.74) is 0. The van der Waals surface area contributed by atoms with E-state index >= 15 is 0 Å². The zero-order chi connectivity index (χ0) is 21.9. The van der Waals surface area contributed by atoms with E-state index < -0.39 is 61.1 Å². The van der Waals surface area contributed by atoms with Crippen molar-refractivity contribution >= 4 is 29.8 Å². The van der Waals surface area contributed by atoms with Gasteiger partial charge in [-0.3, -0.25) is 24.0 Å². The van der Waals surface area contributed by atoms with Gasteiger partial charge in [0.2, 0.25) is 6.29 Å². The Kier molecular flexibility index (Phi) is 11.4. The predicted molar refractivity (Wildman–Crippen MR) is 90.5 cm³/mol. The summed E-state index contributed by atoms with van der Waals surface area (Å²) in [7, 11) is 0. The summed E-state index contributed by atoms with van der Waals surface area (Å²) < 4.78 is 30.4. The molecule has 0 spiro atoms. The molecule has 0 fully saturated rings. The molecule has 0 saturated carbocycles. The molecule has 160 valence electrons. The van der Waals surface area contributed by atoms with Gasteiger partial charge in [-0.2, -0.15) is 0 Å². The Bertz CT molecular complexity index is 571. The van der Waals surface area contributed by atoms with Gasteiger partial charge in [0.05, 0.1) is 0 Å². The minimum Gasteiger partial charge on any atom is -0.463 e. The van der Waals surface area contributed by atoms with E-state index in [1.165, 1.54) is 20.8 Å². The van der Waals surface area contributed by atoms with Crippen molar-refractivity contribution in [3.05, 3.63) is 0 Å². The fourth-order valence-electron chi connectivity index (χ4n) is 1.93. The largest absolute Gasteiger partial charge is 0.463 e. The van der Waals surface area contributed by atoms with Gasteiger partial charge >= 0.3 is 29.8 Å². The molecular weight excluding hydrogens is 380 g/mol. The van der Waals surface area contributed by atoms with Crippen LogP contribution < -0.4 is 0 Å². The van der Waals surface area contributed by atoms with Crippen LogP contribution in [0, 0.1) is 0 Å². The first-order valence-corrected chi connectivity index (χ1v) is 8.36. The normalized spacial score (nSPS) is 14.6. The third-order valence-corrected chi connectivity index (χ3v) is 2.99. The van der Waals surface area contributed by atoms with Crippen LogP contribution in [-0.4, -0.2) is 67.7 Å². The minimum atomic E-state index is -1.53. The third-order valence-electron chi connectivity index (χ3n) is 2.99. The molecule has 1 unspecified atom stereocenters. The minimum absolute atomic E-state index is 0.345. The highest BCUT2D eigenvalue weighted by molar-refractivity contribution is 5.68. The Hall–Kier alpha value is -2.69. The van der Waals surface area contributed by atoms with Gasteiger partial charge in [0, 0.05) is 34.6 Å². The van der Waals surface area contributed by atoms with Crippen molar-refractivity contribution in [2.24, 2.45) is 0 Å². The summed E-state index contributed by atoms with van der Waals surface area (Å²) in [4.78, 5) is 56.2. The molecule has 0 saturated heterocycles. The predicted octanol–water partition coefficient (Wildman–Crippen LogP) is 0.270. The number of ether oxygens (including phenoxy) is 6. The summed E-state index contributed by atoms with van der Waals surface area (Å²) in [5, 5.41) is 0. The number of carbonyl (C=O) groups is 5. The molecule has 0 aliphatic rings. The topological polar surface area (TPSA) is 141 Å². The molecule has 0 heterocycles. The van der Waals surface area contributed by atoms with Crippen LogP contribution >= 0.6 is 0 Å². The van der Waals surface area contributed by atoms with Gasteiger partial charge in [0.1, 0.15) is 25.4 Å². The summed E-state index contributed by atoms with van der Waals surface area (Å²) >= 11 is 0. The second-order valence-electron chi connectivity index (χ2n) is 5.72. The zero-order valence-electron chi connectivity index (χ0n) is 16.7. The molecule has 11 nitrogen and oxygen atoms in total. The molecule has 28 heavy (non-hydrogen) atoms. The van der Waals surface area contributed by atoms with E-state index in [4.69, 9.17) is 28.4 Å². The first kappa shape index (κ1) is 25.3. The molecule has 0 bridgehead atoms. The number of rotatable bonds is 11. The first-order valence-electron chi connectivity index (χ1n) is 8.36. The average Bonchev–Trinajstić information content (AvgIpc) is 2.52. The van der Waals surface area contributed by atoms with E-state index in [1.807, 2.05) is 0 Å². The molecule has 4 atom stereocenters. The second kappa shape index (κ2) is 12.7. The molecule has 0 rings (SSSR count). The number of carbonyl (C=O) groups excluding carboxylic acids is 5. The molecule has 0 amide bonds. The monoisotopic (exact) mass is 406 g/mol. The third kappa shape index (κ3) is 11.8. The van der Waals surface area contributed by atoms with Gasteiger partial charge in [-0.25, -0.2) is 0 Å². The summed E-state index contributed by atoms with van der Waals surface area (Å²) in [6.45, 7) is 6.32. The van der Waals surface area contributed by atoms with E-state index in [1.54, 1.807) is 0 Å². The number of hydrogen-bond acceptors (Lipinski definition) is 11. The first-order chi connectivity index (χ1) is 12.9. The quantitative estimate of drug-likeness (QED) is 0.265.